The highest BCUT2D eigenvalue weighted by molar-refractivity contribution is 7.16. The lowest BCUT2D eigenvalue weighted by Crippen LogP contribution is -2.45. The molecule has 1 fully saturated rings. The number of nitrogens with zero attached hydrogens (tertiary/aromatic N) is 5. The fourth-order valence-corrected chi connectivity index (χ4v) is 4.98. The Morgan fingerprint density at radius 1 is 1.26 bits per heavy atom. The monoisotopic (exact) mass is 491 g/mol. The summed E-state index contributed by atoms with van der Waals surface area (Å²) >= 11 is 1.57. The minimum Gasteiger partial charge on any atom is -0.486 e. The van der Waals surface area contributed by atoms with Gasteiger partial charge in [-0.2, -0.15) is 0 Å². The number of aromatic nitrogens is 3. The summed E-state index contributed by atoms with van der Waals surface area (Å²) in [6.07, 6.45) is 3.55. The number of ether oxygens (including phenoxy) is 1. The Balaban J connectivity index is 1.61. The molecule has 2 atom stereocenters. The molecule has 2 aromatic carbocycles. The van der Waals surface area contributed by atoms with E-state index in [1.165, 1.54) is 12.5 Å². The number of anilines is 2. The summed E-state index contributed by atoms with van der Waals surface area (Å²) in [5, 5.41) is 4.07. The van der Waals surface area contributed by atoms with Crippen LogP contribution in [0.4, 0.5) is 15.9 Å². The summed E-state index contributed by atoms with van der Waals surface area (Å²) in [7, 11) is 3.59. The van der Waals surface area contributed by atoms with E-state index in [4.69, 9.17) is 10.5 Å². The molecule has 3 N–H and O–H groups in total. The maximum absolute atomic E-state index is 14.9. The third kappa shape index (κ3) is 4.80. The van der Waals surface area contributed by atoms with Gasteiger partial charge in [0.2, 0.25) is 0 Å². The molecule has 10 heteroatoms. The molecule has 4 aromatic rings. The molecule has 0 unspecified atom stereocenters. The van der Waals surface area contributed by atoms with Crippen molar-refractivity contribution in [3.63, 3.8) is 0 Å². The van der Waals surface area contributed by atoms with E-state index < -0.39 is 12.3 Å². The Labute approximate surface area is 206 Å². The molecular weight excluding hydrogens is 465 g/mol. The summed E-state index contributed by atoms with van der Waals surface area (Å²) in [5.74, 6) is 1.08. The van der Waals surface area contributed by atoms with Gasteiger partial charge in [-0.1, -0.05) is 0 Å². The first-order chi connectivity index (χ1) is 17.1. The lowest BCUT2D eigenvalue weighted by atomic mass is 10.0. The molecule has 5 rings (SSSR count). The highest BCUT2D eigenvalue weighted by atomic mass is 32.1. The lowest BCUT2D eigenvalue weighted by molar-refractivity contribution is 0.0322. The second kappa shape index (κ2) is 9.93. The van der Waals surface area contributed by atoms with Crippen LogP contribution in [0.5, 0.6) is 5.75 Å². The molecule has 35 heavy (non-hydrogen) atoms. The minimum absolute atomic E-state index is 0.329. The number of hydrogen-bond donors (Lipinski definition) is 2. The Bertz CT molecular complexity index is 1420. The van der Waals surface area contributed by atoms with E-state index in [0.717, 1.165) is 28.0 Å². The largest absolute Gasteiger partial charge is 0.486 e. The average Bonchev–Trinajstić information content (AvgIpc) is 3.32. The highest BCUT2D eigenvalue weighted by Gasteiger charge is 2.30. The maximum atomic E-state index is 14.9. The number of fused-ring (bicyclic) bond motifs is 2. The van der Waals surface area contributed by atoms with Gasteiger partial charge < -0.3 is 20.7 Å². The van der Waals surface area contributed by atoms with Crippen molar-refractivity contribution >= 4 is 55.7 Å². The van der Waals surface area contributed by atoms with Crippen molar-refractivity contribution in [2.45, 2.75) is 18.7 Å². The maximum Gasteiger partial charge on any atom is 0.149 e. The molecule has 2 aromatic heterocycles. The normalized spacial score (nSPS) is 19.6. The van der Waals surface area contributed by atoms with Gasteiger partial charge in [0.15, 0.2) is 0 Å². The number of aliphatic imine (C=N–C) groups is 1. The molecular formula is C25H26FN7OS. The van der Waals surface area contributed by atoms with E-state index in [-0.39, 0.29) is 0 Å². The first kappa shape index (κ1) is 23.1. The topological polar surface area (TPSA) is 102 Å². The predicted octanol–water partition coefficient (Wildman–Crippen LogP) is 4.40. The minimum atomic E-state index is -1.11. The number of benzene rings is 2. The SMILES string of the molecule is CN=C/C(=C\N)c1cc(O[C@@H]2CCN(C)C[C@H]2F)c2c(Nc3ccc4ncsc4c3)ncnc2c1. The molecule has 1 saturated heterocycles. The van der Waals surface area contributed by atoms with Gasteiger partial charge in [-0.15, -0.1) is 11.3 Å². The molecule has 0 bridgehead atoms. The second-order valence-corrected chi connectivity index (χ2v) is 9.37. The van der Waals surface area contributed by atoms with E-state index in [9.17, 15) is 4.39 Å². The first-order valence-corrected chi connectivity index (χ1v) is 12.2. The number of rotatable bonds is 6. The van der Waals surface area contributed by atoms with Gasteiger partial charge in [-0.05, 0) is 49.4 Å². The van der Waals surface area contributed by atoms with Crippen molar-refractivity contribution in [1.29, 1.82) is 0 Å². The fraction of sp³-hybridized carbons (Fsp3) is 0.280. The molecule has 0 saturated carbocycles. The Morgan fingerprint density at radius 2 is 2.14 bits per heavy atom. The molecule has 3 heterocycles. The van der Waals surface area contributed by atoms with E-state index in [0.29, 0.717) is 41.0 Å². The van der Waals surface area contributed by atoms with Crippen LogP contribution in [0.1, 0.15) is 12.0 Å². The van der Waals surface area contributed by atoms with E-state index >= 15 is 0 Å². The molecule has 180 valence electrons. The Kier molecular flexibility index (Phi) is 6.56. The van der Waals surface area contributed by atoms with Crippen LogP contribution in [0.15, 0.2) is 53.4 Å². The number of likely N-dealkylation sites (tertiary alicyclic amines) is 1. The van der Waals surface area contributed by atoms with Crippen LogP contribution >= 0.6 is 11.3 Å². The van der Waals surface area contributed by atoms with Crippen molar-refractivity contribution in [3.05, 3.63) is 53.9 Å². The first-order valence-electron chi connectivity index (χ1n) is 11.3. The Morgan fingerprint density at radius 3 is 2.94 bits per heavy atom. The van der Waals surface area contributed by atoms with E-state index in [2.05, 4.69) is 25.3 Å². The summed E-state index contributed by atoms with van der Waals surface area (Å²) in [6, 6.07) is 9.70. The number of thiazole rings is 1. The summed E-state index contributed by atoms with van der Waals surface area (Å²) < 4.78 is 22.3. The predicted molar refractivity (Wildman–Crippen MR) is 140 cm³/mol. The zero-order valence-electron chi connectivity index (χ0n) is 19.5. The smallest absolute Gasteiger partial charge is 0.149 e. The number of piperidine rings is 1. The van der Waals surface area contributed by atoms with Gasteiger partial charge in [-0.3, -0.25) is 4.99 Å². The van der Waals surface area contributed by atoms with E-state index in [1.807, 2.05) is 47.8 Å². The van der Waals surface area contributed by atoms with Crippen molar-refractivity contribution in [1.82, 2.24) is 19.9 Å². The van der Waals surface area contributed by atoms with Crippen molar-refractivity contribution in [2.24, 2.45) is 10.7 Å². The van der Waals surface area contributed by atoms with Gasteiger partial charge in [0.1, 0.15) is 30.2 Å². The molecule has 8 nitrogen and oxygen atoms in total. The van der Waals surface area contributed by atoms with Gasteiger partial charge >= 0.3 is 0 Å². The lowest BCUT2D eigenvalue weighted by Gasteiger charge is -2.32. The number of hydrogen-bond acceptors (Lipinski definition) is 9. The van der Waals surface area contributed by atoms with Gasteiger partial charge in [0.25, 0.3) is 0 Å². The van der Waals surface area contributed by atoms with Crippen LogP contribution in [0.25, 0.3) is 26.7 Å². The number of halogens is 1. The van der Waals surface area contributed by atoms with Crippen LogP contribution in [-0.4, -0.2) is 65.5 Å². The molecule has 0 amide bonds. The van der Waals surface area contributed by atoms with Crippen LogP contribution in [0, 0.1) is 0 Å². The van der Waals surface area contributed by atoms with Crippen molar-refractivity contribution in [2.75, 3.05) is 32.5 Å². The number of allylic oxidation sites excluding steroid dienone is 1. The molecule has 0 aliphatic carbocycles. The molecule has 0 radical (unpaired) electrons. The summed E-state index contributed by atoms with van der Waals surface area (Å²) in [5.41, 5.74) is 11.6. The van der Waals surface area contributed by atoms with Gasteiger partial charge in [0.05, 0.1) is 26.6 Å². The van der Waals surface area contributed by atoms with Crippen LogP contribution < -0.4 is 15.8 Å². The third-order valence-electron chi connectivity index (χ3n) is 6.04. The number of alkyl halides is 1. The van der Waals surface area contributed by atoms with Crippen LogP contribution in [0.3, 0.4) is 0 Å². The van der Waals surface area contributed by atoms with Crippen molar-refractivity contribution < 1.29 is 9.13 Å². The zero-order chi connectivity index (χ0) is 24.4. The van der Waals surface area contributed by atoms with E-state index in [1.54, 1.807) is 24.6 Å². The second-order valence-electron chi connectivity index (χ2n) is 8.48. The number of nitrogens with one attached hydrogen (secondary N) is 1. The fourth-order valence-electron chi connectivity index (χ4n) is 4.26. The third-order valence-corrected chi connectivity index (χ3v) is 6.83. The van der Waals surface area contributed by atoms with Crippen molar-refractivity contribution in [3.8, 4) is 5.75 Å². The molecule has 1 aliphatic heterocycles. The Hall–Kier alpha value is -3.63. The molecule has 0 spiro atoms. The number of nitrogens with two attached hydrogens (primary N) is 1. The standard InChI is InChI=1S/C25H26FN7OS/c1-28-11-16(10-27)15-7-20-24(22(8-15)34-21-5-6-33(2)12-18(21)26)25(30-13-29-20)32-17-3-4-19-23(9-17)35-14-31-19/h3-4,7-11,13-14,18,21H,5-6,12,27H2,1-2H3,(H,29,30,32)/b16-10+,28-11?/t18-,21-/m1/s1. The van der Waals surface area contributed by atoms with Crippen LogP contribution in [-0.2, 0) is 0 Å². The van der Waals surface area contributed by atoms with Gasteiger partial charge in [0, 0.05) is 43.8 Å². The average molecular weight is 492 g/mol. The summed E-state index contributed by atoms with van der Waals surface area (Å²) in [4.78, 5) is 19.4. The van der Waals surface area contributed by atoms with Gasteiger partial charge in [-0.25, -0.2) is 19.3 Å². The quantitative estimate of drug-likeness (QED) is 0.385. The van der Waals surface area contributed by atoms with Crippen LogP contribution in [0.2, 0.25) is 0 Å². The summed E-state index contributed by atoms with van der Waals surface area (Å²) in [6.45, 7) is 1.09. The zero-order valence-corrected chi connectivity index (χ0v) is 20.3. The highest BCUT2D eigenvalue weighted by Crippen LogP contribution is 2.36. The molecule has 1 aliphatic rings.